The average Bonchev–Trinajstić information content (AvgIpc) is 2.13. The van der Waals surface area contributed by atoms with Gasteiger partial charge in [0.25, 0.3) is 0 Å². The third-order valence-electron chi connectivity index (χ3n) is 2.05. The summed E-state index contributed by atoms with van der Waals surface area (Å²) in [5.41, 5.74) is 0. The van der Waals surface area contributed by atoms with Gasteiger partial charge in [0.05, 0.1) is 0 Å². The maximum absolute atomic E-state index is 10.5. The molecule has 0 aliphatic heterocycles. The molecule has 0 aliphatic carbocycles. The summed E-state index contributed by atoms with van der Waals surface area (Å²) in [7, 11) is -2.68. The molecule has 4 nitrogen and oxygen atoms in total. The fraction of sp³-hybridized carbons (Fsp3) is 0.923. The van der Waals surface area contributed by atoms with Crippen molar-refractivity contribution in [2.75, 3.05) is 0 Å². The van der Waals surface area contributed by atoms with Crippen LogP contribution in [0.3, 0.4) is 0 Å². The lowest BCUT2D eigenvalue weighted by Crippen LogP contribution is -2.50. The Kier molecular flexibility index (Phi) is 8.68. The first-order valence-corrected chi connectivity index (χ1v) is 8.71. The molecule has 0 radical (unpaired) electrons. The van der Waals surface area contributed by atoms with Crippen molar-refractivity contribution >= 4 is 15.1 Å². The maximum atomic E-state index is 10.5. The minimum atomic E-state index is -2.68. The van der Waals surface area contributed by atoms with E-state index in [0.29, 0.717) is 12.5 Å². The van der Waals surface area contributed by atoms with E-state index in [1.54, 1.807) is 0 Å². The molecule has 0 atom stereocenters. The summed E-state index contributed by atoms with van der Waals surface area (Å²) < 4.78 is 18.0. The van der Waals surface area contributed by atoms with Gasteiger partial charge in [-0.1, -0.05) is 0 Å². The van der Waals surface area contributed by atoms with Crippen LogP contribution in [0.2, 0.25) is 6.04 Å². The van der Waals surface area contributed by atoms with E-state index in [0.717, 1.165) is 12.7 Å². The van der Waals surface area contributed by atoms with Crippen LogP contribution in [-0.4, -0.2) is 33.4 Å². The molecule has 18 heavy (non-hydrogen) atoms. The van der Waals surface area contributed by atoms with Gasteiger partial charge in [-0.3, -0.25) is 0 Å². The third-order valence-corrected chi connectivity index (χ3v) is 5.51. The van der Waals surface area contributed by atoms with Crippen molar-refractivity contribution in [1.82, 2.24) is 0 Å². The minimum Gasteiger partial charge on any atom is -0.371 e. The van der Waals surface area contributed by atoms with Gasteiger partial charge in [0.2, 0.25) is 0 Å². The summed E-state index contributed by atoms with van der Waals surface area (Å²) >= 11 is 0. The first kappa shape index (κ1) is 17.8. The van der Waals surface area contributed by atoms with Gasteiger partial charge in [0, 0.05) is 30.8 Å². The van der Waals surface area contributed by atoms with Gasteiger partial charge in [-0.25, -0.2) is 0 Å². The van der Waals surface area contributed by atoms with Gasteiger partial charge in [-0.2, -0.15) is 0 Å². The maximum Gasteiger partial charge on any atom is 0.501 e. The minimum absolute atomic E-state index is 0.0606. The van der Waals surface area contributed by atoms with Gasteiger partial charge in [-0.15, -0.1) is 0 Å². The highest BCUT2D eigenvalue weighted by atomic mass is 28.4. The Hall–Kier alpha value is -0.233. The molecule has 0 aliphatic rings. The zero-order valence-corrected chi connectivity index (χ0v) is 13.6. The van der Waals surface area contributed by atoms with Gasteiger partial charge in [0.1, 0.15) is 6.29 Å². The molecule has 0 saturated carbocycles. The van der Waals surface area contributed by atoms with Gasteiger partial charge in [0.15, 0.2) is 0 Å². The number of carbonyl (C=O) groups excluding carboxylic acids is 1. The molecule has 0 N–H and O–H groups in total. The predicted octanol–water partition coefficient (Wildman–Crippen LogP) is 3.18. The molecule has 0 fully saturated rings. The van der Waals surface area contributed by atoms with Crippen LogP contribution in [0.25, 0.3) is 0 Å². The molecule has 108 valence electrons. The van der Waals surface area contributed by atoms with Crippen LogP contribution in [0.1, 0.15) is 54.4 Å². The van der Waals surface area contributed by atoms with Gasteiger partial charge >= 0.3 is 8.80 Å². The van der Waals surface area contributed by atoms with Crippen LogP contribution in [0, 0.1) is 0 Å². The highest BCUT2D eigenvalue weighted by molar-refractivity contribution is 6.60. The van der Waals surface area contributed by atoms with Gasteiger partial charge in [-0.05, 0) is 48.0 Å². The van der Waals surface area contributed by atoms with E-state index in [2.05, 4.69) is 0 Å². The zero-order chi connectivity index (χ0) is 14.2. The van der Waals surface area contributed by atoms with Crippen LogP contribution < -0.4 is 0 Å². The van der Waals surface area contributed by atoms with Crippen LogP contribution in [0.4, 0.5) is 0 Å². The van der Waals surface area contributed by atoms with Gasteiger partial charge < -0.3 is 18.1 Å². The number of aldehydes is 1. The largest absolute Gasteiger partial charge is 0.501 e. The molecule has 0 amide bonds. The monoisotopic (exact) mass is 276 g/mol. The highest BCUT2D eigenvalue weighted by Crippen LogP contribution is 2.24. The molecule has 0 bridgehead atoms. The van der Waals surface area contributed by atoms with E-state index in [-0.39, 0.29) is 18.3 Å². The zero-order valence-electron chi connectivity index (χ0n) is 12.6. The molecule has 0 rings (SSSR count). The van der Waals surface area contributed by atoms with E-state index in [1.165, 1.54) is 0 Å². The van der Waals surface area contributed by atoms with Crippen molar-refractivity contribution in [3.63, 3.8) is 0 Å². The van der Waals surface area contributed by atoms with E-state index >= 15 is 0 Å². The quantitative estimate of drug-likeness (QED) is 0.349. The van der Waals surface area contributed by atoms with Crippen molar-refractivity contribution in [3.8, 4) is 0 Å². The smallest absolute Gasteiger partial charge is 0.371 e. The summed E-state index contributed by atoms with van der Waals surface area (Å²) in [5, 5.41) is 0. The lowest BCUT2D eigenvalue weighted by molar-refractivity contribution is -0.107. The Balaban J connectivity index is 4.79. The Morgan fingerprint density at radius 2 is 1.28 bits per heavy atom. The second-order valence-electron chi connectivity index (χ2n) is 5.24. The molecule has 0 saturated heterocycles. The van der Waals surface area contributed by atoms with Crippen LogP contribution >= 0.6 is 0 Å². The molecular formula is C13H28O4Si. The second kappa shape index (κ2) is 8.80. The van der Waals surface area contributed by atoms with E-state index in [1.807, 2.05) is 41.5 Å². The molecule has 0 aromatic heterocycles. The summed E-state index contributed by atoms with van der Waals surface area (Å²) in [6.45, 7) is 11.9. The number of carbonyl (C=O) groups is 1. The van der Waals surface area contributed by atoms with Crippen molar-refractivity contribution < 1.29 is 18.1 Å². The topological polar surface area (TPSA) is 44.8 Å². The predicted molar refractivity (Wildman–Crippen MR) is 74.5 cm³/mol. The fourth-order valence-corrected chi connectivity index (χ4v) is 5.05. The first-order chi connectivity index (χ1) is 8.31. The van der Waals surface area contributed by atoms with Crippen molar-refractivity contribution in [3.05, 3.63) is 0 Å². The average molecular weight is 276 g/mol. The Labute approximate surface area is 112 Å². The van der Waals surface area contributed by atoms with Crippen molar-refractivity contribution in [2.45, 2.75) is 78.7 Å². The summed E-state index contributed by atoms with van der Waals surface area (Å²) in [4.78, 5) is 10.5. The number of unbranched alkanes of at least 4 members (excludes halogenated alkanes) is 1. The van der Waals surface area contributed by atoms with Crippen molar-refractivity contribution in [1.29, 1.82) is 0 Å². The first-order valence-electron chi connectivity index (χ1n) is 6.78. The lowest BCUT2D eigenvalue weighted by atomic mass is 10.4. The summed E-state index contributed by atoms with van der Waals surface area (Å²) in [6.07, 6.45) is 2.39. The second-order valence-corrected chi connectivity index (χ2v) is 7.81. The molecule has 0 aromatic rings. The van der Waals surface area contributed by atoms with Crippen molar-refractivity contribution in [2.24, 2.45) is 0 Å². The fourth-order valence-electron chi connectivity index (χ4n) is 1.74. The van der Waals surface area contributed by atoms with E-state index in [9.17, 15) is 4.79 Å². The molecular weight excluding hydrogens is 248 g/mol. The number of rotatable bonds is 10. The highest BCUT2D eigenvalue weighted by Gasteiger charge is 2.43. The normalized spacial score (nSPS) is 12.7. The Morgan fingerprint density at radius 3 is 1.56 bits per heavy atom. The Morgan fingerprint density at radius 1 is 0.889 bits per heavy atom. The van der Waals surface area contributed by atoms with E-state index in [4.69, 9.17) is 13.3 Å². The molecule has 5 heteroatoms. The van der Waals surface area contributed by atoms with Crippen LogP contribution in [-0.2, 0) is 18.1 Å². The molecule has 0 unspecified atom stereocenters. The molecule has 0 heterocycles. The number of hydrogen-bond donors (Lipinski definition) is 0. The molecule has 0 aromatic carbocycles. The van der Waals surface area contributed by atoms with Crippen LogP contribution in [0.5, 0.6) is 0 Å². The SMILES string of the molecule is CC(C)O[Si](CCCC=O)(OC(C)C)OC(C)C. The Bertz CT molecular complexity index is 203. The standard InChI is InChI=1S/C13H28O4Si/c1-11(2)15-18(16-12(3)4,17-13(5)6)10-8-7-9-14/h9,11-13H,7-8,10H2,1-6H3. The summed E-state index contributed by atoms with van der Waals surface area (Å²) in [5.74, 6) is 0. The van der Waals surface area contributed by atoms with Crippen LogP contribution in [0.15, 0.2) is 0 Å². The summed E-state index contributed by atoms with van der Waals surface area (Å²) in [6, 6.07) is 0.695. The van der Waals surface area contributed by atoms with E-state index < -0.39 is 8.80 Å². The lowest BCUT2D eigenvalue weighted by Gasteiger charge is -2.34. The number of hydrogen-bond acceptors (Lipinski definition) is 4. The molecule has 0 spiro atoms. The third kappa shape index (κ3) is 7.97.